The number of aliphatic hydroxyl groups is 1. The number of nitrogens with zero attached hydrogens (tertiary/aromatic N) is 2. The number of hydrogen-bond acceptors (Lipinski definition) is 5. The molecule has 20 heavy (non-hydrogen) atoms. The van der Waals surface area contributed by atoms with Gasteiger partial charge in [-0.05, 0) is 21.5 Å². The third-order valence-electron chi connectivity index (χ3n) is 2.54. The van der Waals surface area contributed by atoms with E-state index in [1.807, 2.05) is 30.3 Å². The average molecular weight is 338 g/mol. The summed E-state index contributed by atoms with van der Waals surface area (Å²) in [7, 11) is 0. The van der Waals surface area contributed by atoms with Gasteiger partial charge in [-0.25, -0.2) is 9.97 Å². The second kappa shape index (κ2) is 7.94. The molecule has 2 rings (SSSR count). The Morgan fingerprint density at radius 1 is 1.20 bits per heavy atom. The van der Waals surface area contributed by atoms with Crippen LogP contribution >= 0.6 is 15.9 Å². The minimum absolute atomic E-state index is 0.262. The van der Waals surface area contributed by atoms with E-state index in [4.69, 9.17) is 4.74 Å². The summed E-state index contributed by atoms with van der Waals surface area (Å²) in [6.45, 7) is 1.10. The van der Waals surface area contributed by atoms with Crippen LogP contribution in [-0.4, -0.2) is 34.3 Å². The first-order chi connectivity index (χ1) is 9.74. The lowest BCUT2D eigenvalue weighted by Crippen LogP contribution is -2.25. The summed E-state index contributed by atoms with van der Waals surface area (Å²) in [4.78, 5) is 8.11. The minimum atomic E-state index is -0.606. The lowest BCUT2D eigenvalue weighted by molar-refractivity contribution is 0.0347. The van der Waals surface area contributed by atoms with Gasteiger partial charge < -0.3 is 15.2 Å². The molecule has 0 fully saturated rings. The van der Waals surface area contributed by atoms with E-state index >= 15 is 0 Å². The molecule has 1 aromatic heterocycles. The Morgan fingerprint density at radius 3 is 2.60 bits per heavy atom. The average Bonchev–Trinajstić information content (AvgIpc) is 2.48. The molecule has 0 saturated carbocycles. The molecule has 0 radical (unpaired) electrons. The number of anilines is 1. The van der Waals surface area contributed by atoms with E-state index < -0.39 is 6.10 Å². The SMILES string of the molecule is OC(CNc1ncc(Br)cn1)COCc1ccccc1. The van der Waals surface area contributed by atoms with Crippen molar-refractivity contribution in [2.24, 2.45) is 0 Å². The highest BCUT2D eigenvalue weighted by molar-refractivity contribution is 9.10. The van der Waals surface area contributed by atoms with E-state index in [9.17, 15) is 5.11 Å². The van der Waals surface area contributed by atoms with Crippen molar-refractivity contribution in [3.05, 3.63) is 52.8 Å². The van der Waals surface area contributed by atoms with E-state index in [1.165, 1.54) is 0 Å². The zero-order valence-corrected chi connectivity index (χ0v) is 12.5. The highest BCUT2D eigenvalue weighted by atomic mass is 79.9. The number of hydrogen-bond donors (Lipinski definition) is 2. The predicted molar refractivity (Wildman–Crippen MR) is 80.3 cm³/mol. The van der Waals surface area contributed by atoms with Crippen LogP contribution in [0, 0.1) is 0 Å². The van der Waals surface area contributed by atoms with Crippen LogP contribution in [0.15, 0.2) is 47.2 Å². The van der Waals surface area contributed by atoms with Gasteiger partial charge in [-0.15, -0.1) is 0 Å². The standard InChI is InChI=1S/C14H16BrN3O2/c15-12-6-16-14(17-7-12)18-8-13(19)10-20-9-11-4-2-1-3-5-11/h1-7,13,19H,8-10H2,(H,16,17,18). The Bertz CT molecular complexity index is 508. The number of halogens is 1. The van der Waals surface area contributed by atoms with Gasteiger partial charge in [-0.1, -0.05) is 30.3 Å². The van der Waals surface area contributed by atoms with E-state index in [0.717, 1.165) is 10.0 Å². The fourth-order valence-electron chi connectivity index (χ4n) is 1.56. The van der Waals surface area contributed by atoms with Crippen LogP contribution in [0.4, 0.5) is 5.95 Å². The van der Waals surface area contributed by atoms with Crippen molar-refractivity contribution in [2.75, 3.05) is 18.5 Å². The number of aliphatic hydroxyl groups excluding tert-OH is 1. The van der Waals surface area contributed by atoms with Gasteiger partial charge in [0.15, 0.2) is 0 Å². The van der Waals surface area contributed by atoms with Gasteiger partial charge in [0.25, 0.3) is 0 Å². The third-order valence-corrected chi connectivity index (χ3v) is 2.95. The molecule has 6 heteroatoms. The summed E-state index contributed by atoms with van der Waals surface area (Å²) in [5, 5.41) is 12.7. The number of aromatic nitrogens is 2. The smallest absolute Gasteiger partial charge is 0.222 e. The summed E-state index contributed by atoms with van der Waals surface area (Å²) >= 11 is 3.26. The van der Waals surface area contributed by atoms with Gasteiger partial charge in [-0.3, -0.25) is 0 Å². The molecular formula is C14H16BrN3O2. The normalized spacial score (nSPS) is 12.1. The highest BCUT2D eigenvalue weighted by Crippen LogP contribution is 2.07. The van der Waals surface area contributed by atoms with Gasteiger partial charge in [0.05, 0.1) is 23.8 Å². The maximum Gasteiger partial charge on any atom is 0.222 e. The van der Waals surface area contributed by atoms with Crippen LogP contribution in [0.2, 0.25) is 0 Å². The van der Waals surface area contributed by atoms with Crippen molar-refractivity contribution in [1.82, 2.24) is 9.97 Å². The van der Waals surface area contributed by atoms with Crippen molar-refractivity contribution in [3.63, 3.8) is 0 Å². The summed E-state index contributed by atoms with van der Waals surface area (Å²) in [6, 6.07) is 9.85. The first kappa shape index (κ1) is 14.9. The van der Waals surface area contributed by atoms with Crippen LogP contribution in [0.3, 0.4) is 0 Å². The minimum Gasteiger partial charge on any atom is -0.389 e. The van der Waals surface area contributed by atoms with Crippen molar-refractivity contribution >= 4 is 21.9 Å². The molecule has 106 valence electrons. The van der Waals surface area contributed by atoms with Crippen LogP contribution in [0.5, 0.6) is 0 Å². The van der Waals surface area contributed by atoms with Crippen LogP contribution in [0.25, 0.3) is 0 Å². The molecule has 1 atom stereocenters. The zero-order valence-electron chi connectivity index (χ0n) is 10.9. The molecule has 0 aliphatic heterocycles. The maximum atomic E-state index is 9.79. The van der Waals surface area contributed by atoms with Gasteiger partial charge >= 0.3 is 0 Å². The molecule has 0 aliphatic rings. The van der Waals surface area contributed by atoms with Gasteiger partial charge in [0, 0.05) is 18.9 Å². The molecule has 0 saturated heterocycles. The number of benzene rings is 1. The van der Waals surface area contributed by atoms with Crippen molar-refractivity contribution in [1.29, 1.82) is 0 Å². The number of ether oxygens (including phenoxy) is 1. The Hall–Kier alpha value is -1.50. The molecule has 2 aromatic rings. The molecule has 0 aliphatic carbocycles. The molecule has 2 N–H and O–H groups in total. The van der Waals surface area contributed by atoms with E-state index in [0.29, 0.717) is 19.1 Å². The fourth-order valence-corrected chi connectivity index (χ4v) is 1.76. The summed E-state index contributed by atoms with van der Waals surface area (Å²) in [5.74, 6) is 0.482. The lowest BCUT2D eigenvalue weighted by Gasteiger charge is -2.12. The highest BCUT2D eigenvalue weighted by Gasteiger charge is 2.05. The van der Waals surface area contributed by atoms with Crippen molar-refractivity contribution in [2.45, 2.75) is 12.7 Å². The Labute approximate surface area is 126 Å². The first-order valence-electron chi connectivity index (χ1n) is 6.25. The molecule has 5 nitrogen and oxygen atoms in total. The third kappa shape index (κ3) is 5.24. The molecule has 0 amide bonds. The molecule has 1 unspecified atom stereocenters. The lowest BCUT2D eigenvalue weighted by atomic mass is 10.2. The Morgan fingerprint density at radius 2 is 1.90 bits per heavy atom. The molecular weight excluding hydrogens is 322 g/mol. The maximum absolute atomic E-state index is 9.79. The van der Waals surface area contributed by atoms with Crippen molar-refractivity contribution in [3.8, 4) is 0 Å². The van der Waals surface area contributed by atoms with Gasteiger partial charge in [-0.2, -0.15) is 0 Å². The molecule has 1 heterocycles. The second-order valence-electron chi connectivity index (χ2n) is 4.26. The second-order valence-corrected chi connectivity index (χ2v) is 5.18. The largest absolute Gasteiger partial charge is 0.389 e. The van der Waals surface area contributed by atoms with Crippen LogP contribution < -0.4 is 5.32 Å². The number of rotatable bonds is 7. The quantitative estimate of drug-likeness (QED) is 0.810. The molecule has 1 aromatic carbocycles. The van der Waals surface area contributed by atoms with E-state index in [1.54, 1.807) is 12.4 Å². The van der Waals surface area contributed by atoms with Crippen LogP contribution in [-0.2, 0) is 11.3 Å². The molecule has 0 bridgehead atoms. The van der Waals surface area contributed by atoms with Gasteiger partial charge in [0.2, 0.25) is 5.95 Å². The number of nitrogens with one attached hydrogen (secondary N) is 1. The Balaban J connectivity index is 1.65. The topological polar surface area (TPSA) is 67.3 Å². The van der Waals surface area contributed by atoms with E-state index in [-0.39, 0.29) is 6.61 Å². The summed E-state index contributed by atoms with van der Waals surface area (Å²) in [5.41, 5.74) is 1.09. The van der Waals surface area contributed by atoms with Crippen molar-refractivity contribution < 1.29 is 9.84 Å². The van der Waals surface area contributed by atoms with Crippen LogP contribution in [0.1, 0.15) is 5.56 Å². The van der Waals surface area contributed by atoms with E-state index in [2.05, 4.69) is 31.2 Å². The zero-order chi connectivity index (χ0) is 14.2. The fraction of sp³-hybridized carbons (Fsp3) is 0.286. The summed E-state index contributed by atoms with van der Waals surface area (Å²) in [6.07, 6.45) is 2.69. The monoisotopic (exact) mass is 337 g/mol. The Kier molecular flexibility index (Phi) is 5.91. The molecule has 0 spiro atoms. The summed E-state index contributed by atoms with van der Waals surface area (Å²) < 4.78 is 6.27. The predicted octanol–water partition coefficient (Wildman–Crippen LogP) is 2.23. The first-order valence-corrected chi connectivity index (χ1v) is 7.04. The van der Waals surface area contributed by atoms with Gasteiger partial charge in [0.1, 0.15) is 0 Å².